The van der Waals surface area contributed by atoms with Gasteiger partial charge in [-0.15, -0.1) is 0 Å². The van der Waals surface area contributed by atoms with Crippen molar-refractivity contribution in [2.45, 2.75) is 103 Å². The number of aromatic amines is 1. The number of fused-ring (bicyclic) bond motifs is 2. The minimum atomic E-state index is -1.79. The fourth-order valence-corrected chi connectivity index (χ4v) is 7.78. The smallest absolute Gasteiger partial charge is 0.334 e. The second-order valence-electron chi connectivity index (χ2n) is 13.5. The van der Waals surface area contributed by atoms with Crippen molar-refractivity contribution >= 4 is 47.8 Å². The Morgan fingerprint density at radius 1 is 1.07 bits per heavy atom. The van der Waals surface area contributed by atoms with Gasteiger partial charge in [-0.25, -0.2) is 19.3 Å². The van der Waals surface area contributed by atoms with E-state index >= 15 is 0 Å². The summed E-state index contributed by atoms with van der Waals surface area (Å²) in [7, 11) is -1.79. The lowest BCUT2D eigenvalue weighted by Gasteiger charge is -2.41. The molecule has 0 unspecified atom stereocenters. The summed E-state index contributed by atoms with van der Waals surface area (Å²) in [5, 5.41) is 1.73. The normalized spacial score (nSPS) is 20.6. The van der Waals surface area contributed by atoms with Gasteiger partial charge in [-0.1, -0.05) is 38.4 Å². The van der Waals surface area contributed by atoms with Crippen LogP contribution in [0, 0.1) is 5.92 Å². The number of pyridine rings is 2. The maximum absolute atomic E-state index is 14.0. The van der Waals surface area contributed by atoms with Crippen molar-refractivity contribution in [1.82, 2.24) is 24.1 Å². The zero-order chi connectivity index (χ0) is 28.9. The molecule has 0 amide bonds. The first-order chi connectivity index (χ1) is 19.5. The lowest BCUT2D eigenvalue weighted by Crippen LogP contribution is -2.44. The van der Waals surface area contributed by atoms with Gasteiger partial charge in [0.2, 0.25) is 0 Å². The van der Waals surface area contributed by atoms with Crippen LogP contribution in [0.1, 0.15) is 72.1 Å². The van der Waals surface area contributed by atoms with Crippen LogP contribution in [0.15, 0.2) is 41.6 Å². The van der Waals surface area contributed by atoms with E-state index in [1.807, 2.05) is 27.6 Å². The van der Waals surface area contributed by atoms with E-state index in [1.54, 1.807) is 6.20 Å². The highest BCUT2D eigenvalue weighted by atomic mass is 35.5. The van der Waals surface area contributed by atoms with Gasteiger partial charge in [0.05, 0.1) is 10.5 Å². The molecule has 9 heteroatoms. The highest BCUT2D eigenvalue weighted by Gasteiger charge is 2.40. The number of rotatable bonds is 6. The standard InChI is InChI=1S/C32H42ClN5O2Si/c1-32(2,3)41(4,5)40-25-13-11-21(12-14-25)20-37-28-16-23(22-15-26-27(33)19-35-29(26)34-17-22)18-36-30(28)38(31(37)39)24-9-7-6-8-10-24/h9,15-19,21,25H,6-8,10-14,20H2,1-5H3,(H,34,35)/t21-,25+. The molecular weight excluding hydrogens is 550 g/mol. The quantitative estimate of drug-likeness (QED) is 0.228. The van der Waals surface area contributed by atoms with Crippen molar-refractivity contribution < 1.29 is 4.43 Å². The van der Waals surface area contributed by atoms with E-state index in [2.05, 4.69) is 56.0 Å². The minimum absolute atomic E-state index is 0.0275. The molecule has 4 heterocycles. The Kier molecular flexibility index (Phi) is 7.53. The molecular formula is C32H42ClN5O2Si. The summed E-state index contributed by atoms with van der Waals surface area (Å²) in [6.07, 6.45) is 16.4. The third kappa shape index (κ3) is 5.46. The number of halogens is 1. The Balaban J connectivity index is 1.32. The van der Waals surface area contributed by atoms with Crippen LogP contribution in [-0.2, 0) is 11.0 Å². The van der Waals surface area contributed by atoms with Crippen LogP contribution in [0.3, 0.4) is 0 Å². The van der Waals surface area contributed by atoms with Crippen molar-refractivity contribution in [2.24, 2.45) is 5.92 Å². The minimum Gasteiger partial charge on any atom is -0.414 e. The Hall–Kier alpha value is -2.68. The molecule has 0 aromatic carbocycles. The van der Waals surface area contributed by atoms with Gasteiger partial charge in [-0.2, -0.15) is 0 Å². The number of nitrogens with zero attached hydrogens (tertiary/aromatic N) is 4. The van der Waals surface area contributed by atoms with E-state index in [1.165, 1.54) is 6.42 Å². The molecule has 6 rings (SSSR count). The topological polar surface area (TPSA) is 77.7 Å². The average Bonchev–Trinajstić information content (AvgIpc) is 3.45. The lowest BCUT2D eigenvalue weighted by atomic mass is 9.87. The fraction of sp³-hybridized carbons (Fsp3) is 0.531. The van der Waals surface area contributed by atoms with Crippen LogP contribution in [0.4, 0.5) is 0 Å². The summed E-state index contributed by atoms with van der Waals surface area (Å²) in [6, 6.07) is 4.15. The second-order valence-corrected chi connectivity index (χ2v) is 18.7. The molecule has 41 heavy (non-hydrogen) atoms. The summed E-state index contributed by atoms with van der Waals surface area (Å²) in [5.74, 6) is 0.437. The number of hydrogen-bond acceptors (Lipinski definition) is 4. The third-order valence-electron chi connectivity index (χ3n) is 9.64. The first-order valence-electron chi connectivity index (χ1n) is 15.1. The molecule has 0 saturated heterocycles. The number of H-pyrrole nitrogens is 1. The predicted octanol–water partition coefficient (Wildman–Crippen LogP) is 8.39. The Morgan fingerprint density at radius 2 is 1.80 bits per heavy atom. The Labute approximate surface area is 248 Å². The Bertz CT molecular complexity index is 1670. The van der Waals surface area contributed by atoms with Crippen LogP contribution in [0.5, 0.6) is 0 Å². The third-order valence-corrected chi connectivity index (χ3v) is 14.5. The molecule has 218 valence electrons. The summed E-state index contributed by atoms with van der Waals surface area (Å²) in [4.78, 5) is 26.6. The van der Waals surface area contributed by atoms with Crippen molar-refractivity contribution in [3.05, 3.63) is 52.3 Å². The van der Waals surface area contributed by atoms with E-state index in [9.17, 15) is 4.79 Å². The van der Waals surface area contributed by atoms with Crippen LogP contribution in [0.25, 0.3) is 39.0 Å². The number of hydrogen-bond donors (Lipinski definition) is 1. The molecule has 0 aliphatic heterocycles. The van der Waals surface area contributed by atoms with Gasteiger partial charge in [0, 0.05) is 53.4 Å². The summed E-state index contributed by atoms with van der Waals surface area (Å²) < 4.78 is 10.6. The van der Waals surface area contributed by atoms with Crippen molar-refractivity contribution in [3.63, 3.8) is 0 Å². The molecule has 2 aliphatic carbocycles. The van der Waals surface area contributed by atoms with E-state index in [0.29, 0.717) is 23.6 Å². The lowest BCUT2D eigenvalue weighted by molar-refractivity contribution is 0.112. The van der Waals surface area contributed by atoms with Crippen LogP contribution in [-0.4, -0.2) is 38.5 Å². The van der Waals surface area contributed by atoms with Gasteiger partial charge < -0.3 is 9.41 Å². The average molecular weight is 592 g/mol. The molecule has 4 aromatic rings. The largest absolute Gasteiger partial charge is 0.414 e. The second kappa shape index (κ2) is 10.9. The zero-order valence-corrected chi connectivity index (χ0v) is 26.7. The fourth-order valence-electron chi connectivity index (χ4n) is 6.16. The van der Waals surface area contributed by atoms with E-state index in [-0.39, 0.29) is 10.7 Å². The zero-order valence-electron chi connectivity index (χ0n) is 25.0. The van der Waals surface area contributed by atoms with Gasteiger partial charge in [-0.05, 0) is 87.5 Å². The van der Waals surface area contributed by atoms with E-state index in [0.717, 1.165) is 84.0 Å². The predicted molar refractivity (Wildman–Crippen MR) is 171 cm³/mol. The number of imidazole rings is 1. The molecule has 0 atom stereocenters. The monoisotopic (exact) mass is 591 g/mol. The van der Waals surface area contributed by atoms with Crippen LogP contribution >= 0.6 is 11.6 Å². The molecule has 1 saturated carbocycles. The first kappa shape index (κ1) is 28.4. The maximum Gasteiger partial charge on any atom is 0.334 e. The summed E-state index contributed by atoms with van der Waals surface area (Å²) >= 11 is 6.39. The van der Waals surface area contributed by atoms with Crippen LogP contribution < -0.4 is 5.69 Å². The van der Waals surface area contributed by atoms with Gasteiger partial charge in [-0.3, -0.25) is 4.57 Å². The van der Waals surface area contributed by atoms with Gasteiger partial charge in [0.1, 0.15) is 5.65 Å². The first-order valence-corrected chi connectivity index (χ1v) is 18.4. The number of allylic oxidation sites excluding steroid dienone is 2. The SMILES string of the molecule is CC(C)(C)[Si](C)(C)O[C@H]1CC[C@@H](Cn2c(=O)n(C3=CCCCC3)c3ncc(-c4cnc5[nH]cc(Cl)c5c4)cc32)CC1. The molecule has 0 spiro atoms. The Morgan fingerprint density at radius 3 is 2.51 bits per heavy atom. The summed E-state index contributed by atoms with van der Waals surface area (Å²) in [6.45, 7) is 12.3. The van der Waals surface area contributed by atoms with Crippen LogP contribution in [0.2, 0.25) is 23.2 Å². The number of aromatic nitrogens is 5. The molecule has 0 bridgehead atoms. The molecule has 2 aliphatic rings. The molecule has 4 aromatic heterocycles. The van der Waals surface area contributed by atoms with Crippen molar-refractivity contribution in [1.29, 1.82) is 0 Å². The van der Waals surface area contributed by atoms with E-state index < -0.39 is 8.32 Å². The van der Waals surface area contributed by atoms with Gasteiger partial charge in [0.15, 0.2) is 14.0 Å². The number of nitrogens with one attached hydrogen (secondary N) is 1. The maximum atomic E-state index is 14.0. The van der Waals surface area contributed by atoms with Gasteiger partial charge >= 0.3 is 5.69 Å². The van der Waals surface area contributed by atoms with Crippen molar-refractivity contribution in [3.8, 4) is 11.1 Å². The summed E-state index contributed by atoms with van der Waals surface area (Å²) in [5.41, 5.74) is 5.36. The molecule has 0 radical (unpaired) electrons. The highest BCUT2D eigenvalue weighted by Crippen LogP contribution is 2.40. The molecule has 7 nitrogen and oxygen atoms in total. The highest BCUT2D eigenvalue weighted by molar-refractivity contribution is 6.74. The molecule has 1 N–H and O–H groups in total. The van der Waals surface area contributed by atoms with Gasteiger partial charge in [0.25, 0.3) is 0 Å². The van der Waals surface area contributed by atoms with E-state index in [4.69, 9.17) is 21.0 Å². The molecule has 1 fully saturated rings. The van der Waals surface area contributed by atoms with Crippen molar-refractivity contribution in [2.75, 3.05) is 0 Å².